The third kappa shape index (κ3) is 6.17. The van der Waals surface area contributed by atoms with Crippen molar-refractivity contribution in [2.75, 3.05) is 6.54 Å². The molecule has 23 heavy (non-hydrogen) atoms. The lowest BCUT2D eigenvalue weighted by Crippen LogP contribution is -2.47. The molecule has 0 radical (unpaired) electrons. The SMILES string of the molecule is CC(N)C(=O)NCC1CCC(C(=O)NC(C(=O)O)C(C)C)CC1. The van der Waals surface area contributed by atoms with E-state index in [1.54, 1.807) is 20.8 Å². The van der Waals surface area contributed by atoms with Crippen LogP contribution in [0.25, 0.3) is 0 Å². The van der Waals surface area contributed by atoms with Crippen molar-refractivity contribution in [2.24, 2.45) is 23.5 Å². The maximum atomic E-state index is 12.2. The number of nitrogens with two attached hydrogens (primary N) is 1. The Hall–Kier alpha value is -1.63. The molecule has 7 nitrogen and oxygen atoms in total. The van der Waals surface area contributed by atoms with Crippen LogP contribution in [0.5, 0.6) is 0 Å². The summed E-state index contributed by atoms with van der Waals surface area (Å²) in [5, 5.41) is 14.6. The van der Waals surface area contributed by atoms with Crippen molar-refractivity contribution in [3.63, 3.8) is 0 Å². The third-order valence-corrected chi connectivity index (χ3v) is 4.43. The fraction of sp³-hybridized carbons (Fsp3) is 0.812. The molecular weight excluding hydrogens is 298 g/mol. The van der Waals surface area contributed by atoms with E-state index < -0.39 is 18.1 Å². The second-order valence-corrected chi connectivity index (χ2v) is 6.82. The maximum Gasteiger partial charge on any atom is 0.326 e. The van der Waals surface area contributed by atoms with Gasteiger partial charge in [0.25, 0.3) is 0 Å². The summed E-state index contributed by atoms with van der Waals surface area (Å²) in [6.07, 6.45) is 3.12. The zero-order valence-corrected chi connectivity index (χ0v) is 14.2. The van der Waals surface area contributed by atoms with Gasteiger partial charge in [0.05, 0.1) is 6.04 Å². The van der Waals surface area contributed by atoms with Crippen LogP contribution in [-0.4, -0.2) is 41.5 Å². The number of carboxylic acid groups (broad SMARTS) is 1. The predicted octanol–water partition coefficient (Wildman–Crippen LogP) is 0.482. The summed E-state index contributed by atoms with van der Waals surface area (Å²) in [5.41, 5.74) is 5.50. The lowest BCUT2D eigenvalue weighted by atomic mass is 9.81. The zero-order valence-electron chi connectivity index (χ0n) is 14.2. The predicted molar refractivity (Wildman–Crippen MR) is 86.5 cm³/mol. The van der Waals surface area contributed by atoms with Crippen molar-refractivity contribution < 1.29 is 19.5 Å². The molecule has 0 aromatic carbocycles. The quantitative estimate of drug-likeness (QED) is 0.542. The fourth-order valence-electron chi connectivity index (χ4n) is 2.82. The minimum absolute atomic E-state index is 0.143. The molecule has 1 aliphatic rings. The smallest absolute Gasteiger partial charge is 0.326 e. The molecule has 0 aromatic rings. The van der Waals surface area contributed by atoms with Crippen LogP contribution in [0.2, 0.25) is 0 Å². The molecule has 1 saturated carbocycles. The lowest BCUT2D eigenvalue weighted by molar-refractivity contribution is -0.144. The van der Waals surface area contributed by atoms with E-state index in [0.717, 1.165) is 25.7 Å². The lowest BCUT2D eigenvalue weighted by Gasteiger charge is -2.29. The van der Waals surface area contributed by atoms with Crippen LogP contribution in [0.1, 0.15) is 46.5 Å². The van der Waals surface area contributed by atoms with Crippen LogP contribution in [0.15, 0.2) is 0 Å². The molecule has 2 atom stereocenters. The van der Waals surface area contributed by atoms with Gasteiger partial charge in [-0.05, 0) is 44.4 Å². The number of rotatable bonds is 7. The first-order valence-electron chi connectivity index (χ1n) is 8.28. The molecule has 0 saturated heterocycles. The van der Waals surface area contributed by atoms with Crippen LogP contribution < -0.4 is 16.4 Å². The van der Waals surface area contributed by atoms with E-state index in [1.807, 2.05) is 0 Å². The Kier molecular flexibility index (Phi) is 7.48. The van der Waals surface area contributed by atoms with E-state index in [4.69, 9.17) is 10.8 Å². The number of nitrogens with one attached hydrogen (secondary N) is 2. The van der Waals surface area contributed by atoms with Gasteiger partial charge in [-0.1, -0.05) is 13.8 Å². The normalized spacial score (nSPS) is 23.9. The molecule has 1 rings (SSSR count). The van der Waals surface area contributed by atoms with Crippen LogP contribution in [-0.2, 0) is 14.4 Å². The van der Waals surface area contributed by atoms with E-state index in [9.17, 15) is 14.4 Å². The summed E-state index contributed by atoms with van der Waals surface area (Å²) < 4.78 is 0. The molecule has 2 unspecified atom stereocenters. The highest BCUT2D eigenvalue weighted by Crippen LogP contribution is 2.28. The van der Waals surface area contributed by atoms with Crippen LogP contribution in [0.4, 0.5) is 0 Å². The topological polar surface area (TPSA) is 122 Å². The monoisotopic (exact) mass is 327 g/mol. The average Bonchev–Trinajstić information content (AvgIpc) is 2.49. The summed E-state index contributed by atoms with van der Waals surface area (Å²) in [4.78, 5) is 34.8. The second kappa shape index (κ2) is 8.86. The van der Waals surface area contributed by atoms with Gasteiger partial charge in [-0.3, -0.25) is 9.59 Å². The molecular formula is C16H29N3O4. The highest BCUT2D eigenvalue weighted by Gasteiger charge is 2.30. The maximum absolute atomic E-state index is 12.2. The van der Waals surface area contributed by atoms with Crippen molar-refractivity contribution >= 4 is 17.8 Å². The highest BCUT2D eigenvalue weighted by molar-refractivity contribution is 5.85. The van der Waals surface area contributed by atoms with Gasteiger partial charge in [-0.15, -0.1) is 0 Å². The number of aliphatic carboxylic acids is 1. The van der Waals surface area contributed by atoms with Crippen molar-refractivity contribution in [2.45, 2.75) is 58.5 Å². The number of carbonyl (C=O) groups excluding carboxylic acids is 2. The van der Waals surface area contributed by atoms with E-state index >= 15 is 0 Å². The Morgan fingerprint density at radius 3 is 2.13 bits per heavy atom. The number of hydrogen-bond donors (Lipinski definition) is 4. The molecule has 1 fully saturated rings. The standard InChI is InChI=1S/C16H29N3O4/c1-9(2)13(16(22)23)19-15(21)12-6-4-11(5-7-12)8-18-14(20)10(3)17/h9-13H,4-8,17H2,1-3H3,(H,18,20)(H,19,21)(H,22,23). The fourth-order valence-corrected chi connectivity index (χ4v) is 2.82. The minimum Gasteiger partial charge on any atom is -0.480 e. The number of amides is 2. The molecule has 132 valence electrons. The number of carboxylic acids is 1. The van der Waals surface area contributed by atoms with Crippen molar-refractivity contribution in [1.29, 1.82) is 0 Å². The third-order valence-electron chi connectivity index (χ3n) is 4.43. The zero-order chi connectivity index (χ0) is 17.6. The van der Waals surface area contributed by atoms with Gasteiger partial charge in [0.15, 0.2) is 0 Å². The Balaban J connectivity index is 2.39. The Labute approximate surface area is 137 Å². The Morgan fingerprint density at radius 1 is 1.13 bits per heavy atom. The number of carbonyl (C=O) groups is 3. The molecule has 5 N–H and O–H groups in total. The largest absolute Gasteiger partial charge is 0.480 e. The van der Waals surface area contributed by atoms with E-state index in [-0.39, 0.29) is 23.7 Å². The van der Waals surface area contributed by atoms with Crippen molar-refractivity contribution in [3.05, 3.63) is 0 Å². The van der Waals surface area contributed by atoms with Crippen molar-refractivity contribution in [1.82, 2.24) is 10.6 Å². The second-order valence-electron chi connectivity index (χ2n) is 6.82. The molecule has 0 heterocycles. The Bertz CT molecular complexity index is 429. The van der Waals surface area contributed by atoms with Gasteiger partial charge in [0.1, 0.15) is 6.04 Å². The van der Waals surface area contributed by atoms with Gasteiger partial charge in [-0.25, -0.2) is 4.79 Å². The summed E-state index contributed by atoms with van der Waals surface area (Å²) in [5.74, 6) is -1.28. The van der Waals surface area contributed by atoms with Gasteiger partial charge in [-0.2, -0.15) is 0 Å². The summed E-state index contributed by atoms with van der Waals surface area (Å²) in [7, 11) is 0. The van der Waals surface area contributed by atoms with Crippen LogP contribution in [0.3, 0.4) is 0 Å². The van der Waals surface area contributed by atoms with E-state index in [0.29, 0.717) is 12.5 Å². The summed E-state index contributed by atoms with van der Waals surface area (Å²) in [6.45, 7) is 5.77. The first-order chi connectivity index (χ1) is 10.7. The molecule has 0 spiro atoms. The Morgan fingerprint density at radius 2 is 1.70 bits per heavy atom. The minimum atomic E-state index is -0.999. The van der Waals surface area contributed by atoms with Gasteiger partial charge in [0.2, 0.25) is 11.8 Å². The van der Waals surface area contributed by atoms with Gasteiger partial charge < -0.3 is 21.5 Å². The number of hydrogen-bond acceptors (Lipinski definition) is 4. The molecule has 0 aliphatic heterocycles. The summed E-state index contributed by atoms with van der Waals surface area (Å²) >= 11 is 0. The molecule has 0 aromatic heterocycles. The first-order valence-corrected chi connectivity index (χ1v) is 8.28. The van der Waals surface area contributed by atoms with Crippen molar-refractivity contribution in [3.8, 4) is 0 Å². The van der Waals surface area contributed by atoms with E-state index in [2.05, 4.69) is 10.6 Å². The van der Waals surface area contributed by atoms with Gasteiger partial charge >= 0.3 is 5.97 Å². The first kappa shape index (κ1) is 19.4. The van der Waals surface area contributed by atoms with Crippen LogP contribution >= 0.6 is 0 Å². The van der Waals surface area contributed by atoms with Gasteiger partial charge in [0, 0.05) is 12.5 Å². The van der Waals surface area contributed by atoms with Crippen LogP contribution in [0, 0.1) is 17.8 Å². The highest BCUT2D eigenvalue weighted by atomic mass is 16.4. The molecule has 2 amide bonds. The summed E-state index contributed by atoms with van der Waals surface area (Å²) in [6, 6.07) is -1.35. The van der Waals surface area contributed by atoms with E-state index in [1.165, 1.54) is 0 Å². The molecule has 0 bridgehead atoms. The molecule has 7 heteroatoms. The molecule has 1 aliphatic carbocycles. The average molecular weight is 327 g/mol.